The molecule has 68 valence electrons. The van der Waals surface area contributed by atoms with Crippen LogP contribution in [0.3, 0.4) is 0 Å². The normalized spacial score (nSPS) is 10.2. The molecule has 0 fully saturated rings. The van der Waals surface area contributed by atoms with Gasteiger partial charge in [-0.1, -0.05) is 0 Å². The highest BCUT2D eigenvalue weighted by atomic mass is 16.1. The second-order valence-corrected chi connectivity index (χ2v) is 2.50. The van der Waals surface area contributed by atoms with Crippen LogP contribution in [0.1, 0.15) is 5.56 Å². The highest BCUT2D eigenvalue weighted by Gasteiger charge is 1.98. The summed E-state index contributed by atoms with van der Waals surface area (Å²) in [4.78, 5) is 14.1. The number of nitrogens with one attached hydrogen (secondary N) is 1. The maximum Gasteiger partial charge on any atom is 0.211 e. The fourth-order valence-corrected chi connectivity index (χ4v) is 1.02. The fourth-order valence-electron chi connectivity index (χ4n) is 1.02. The number of carbonyl (C=O) groups is 1. The molecule has 0 spiro atoms. The largest absolute Gasteiger partial charge is 0.399 e. The van der Waals surface area contributed by atoms with Crippen molar-refractivity contribution < 1.29 is 4.79 Å². The third-order valence-corrected chi connectivity index (χ3v) is 1.56. The number of benzene rings is 1. The molecule has 4 nitrogen and oxygen atoms in total. The number of amides is 1. The molecular weight excluding hydrogens is 166 g/mol. The molecule has 0 atom stereocenters. The lowest BCUT2D eigenvalue weighted by molar-refractivity contribution is -0.105. The van der Waals surface area contributed by atoms with Crippen molar-refractivity contribution >= 4 is 24.0 Å². The van der Waals surface area contributed by atoms with Gasteiger partial charge in [-0.05, 0) is 18.2 Å². The SMILES string of the molecule is C/N=C\c1cc(N)ccc1NC=O. The number of anilines is 2. The van der Waals surface area contributed by atoms with Crippen LogP contribution in [0.15, 0.2) is 23.2 Å². The summed E-state index contributed by atoms with van der Waals surface area (Å²) in [5, 5.41) is 2.56. The van der Waals surface area contributed by atoms with Crippen molar-refractivity contribution in [2.24, 2.45) is 4.99 Å². The maximum atomic E-state index is 10.2. The maximum absolute atomic E-state index is 10.2. The van der Waals surface area contributed by atoms with Crippen LogP contribution in [0.25, 0.3) is 0 Å². The average molecular weight is 177 g/mol. The van der Waals surface area contributed by atoms with Crippen LogP contribution in [0.2, 0.25) is 0 Å². The third-order valence-electron chi connectivity index (χ3n) is 1.56. The van der Waals surface area contributed by atoms with Crippen molar-refractivity contribution in [2.45, 2.75) is 0 Å². The number of rotatable bonds is 3. The Morgan fingerprint density at radius 2 is 2.31 bits per heavy atom. The summed E-state index contributed by atoms with van der Waals surface area (Å²) < 4.78 is 0. The van der Waals surface area contributed by atoms with Crippen molar-refractivity contribution in [1.82, 2.24) is 0 Å². The first-order valence-corrected chi connectivity index (χ1v) is 3.80. The van der Waals surface area contributed by atoms with Gasteiger partial charge in [0, 0.05) is 30.2 Å². The third kappa shape index (κ3) is 2.30. The van der Waals surface area contributed by atoms with Crippen molar-refractivity contribution in [2.75, 3.05) is 18.1 Å². The van der Waals surface area contributed by atoms with E-state index in [1.807, 2.05) is 0 Å². The monoisotopic (exact) mass is 177 g/mol. The quantitative estimate of drug-likeness (QED) is 0.409. The van der Waals surface area contributed by atoms with Crippen molar-refractivity contribution in [3.8, 4) is 0 Å². The summed E-state index contributed by atoms with van der Waals surface area (Å²) >= 11 is 0. The zero-order valence-corrected chi connectivity index (χ0v) is 7.32. The molecule has 0 saturated heterocycles. The van der Waals surface area contributed by atoms with Gasteiger partial charge in [0.25, 0.3) is 0 Å². The summed E-state index contributed by atoms with van der Waals surface area (Å²) in [5.41, 5.74) is 7.72. The van der Waals surface area contributed by atoms with Gasteiger partial charge in [-0.2, -0.15) is 0 Å². The minimum atomic E-state index is 0.624. The molecule has 0 aromatic heterocycles. The Bertz CT molecular complexity index is 334. The minimum Gasteiger partial charge on any atom is -0.399 e. The molecule has 0 saturated carbocycles. The first-order chi connectivity index (χ1) is 6.27. The number of carbonyl (C=O) groups excluding carboxylic acids is 1. The Balaban J connectivity index is 3.09. The molecule has 1 rings (SSSR count). The summed E-state index contributed by atoms with van der Waals surface area (Å²) in [6.45, 7) is 0. The summed E-state index contributed by atoms with van der Waals surface area (Å²) in [6, 6.07) is 5.21. The summed E-state index contributed by atoms with van der Waals surface area (Å²) in [5.74, 6) is 0. The van der Waals surface area contributed by atoms with E-state index in [9.17, 15) is 4.79 Å². The van der Waals surface area contributed by atoms with E-state index in [0.29, 0.717) is 17.8 Å². The van der Waals surface area contributed by atoms with Gasteiger partial charge in [-0.15, -0.1) is 0 Å². The Kier molecular flexibility index (Phi) is 3.03. The van der Waals surface area contributed by atoms with Crippen molar-refractivity contribution in [3.05, 3.63) is 23.8 Å². The van der Waals surface area contributed by atoms with E-state index in [2.05, 4.69) is 10.3 Å². The van der Waals surface area contributed by atoms with E-state index >= 15 is 0 Å². The molecule has 1 amide bonds. The molecule has 0 heterocycles. The van der Waals surface area contributed by atoms with Crippen LogP contribution < -0.4 is 11.1 Å². The number of hydrogen-bond acceptors (Lipinski definition) is 3. The van der Waals surface area contributed by atoms with Gasteiger partial charge in [0.2, 0.25) is 6.41 Å². The second kappa shape index (κ2) is 4.25. The topological polar surface area (TPSA) is 67.5 Å². The van der Waals surface area contributed by atoms with Crippen LogP contribution in [0.4, 0.5) is 11.4 Å². The zero-order valence-electron chi connectivity index (χ0n) is 7.32. The Morgan fingerprint density at radius 3 is 2.92 bits per heavy atom. The highest BCUT2D eigenvalue weighted by molar-refractivity contribution is 5.92. The van der Waals surface area contributed by atoms with E-state index in [1.54, 1.807) is 31.5 Å². The fraction of sp³-hybridized carbons (Fsp3) is 0.111. The molecule has 0 bridgehead atoms. The van der Waals surface area contributed by atoms with Crippen LogP contribution in [-0.4, -0.2) is 19.7 Å². The number of nitrogens with zero attached hydrogens (tertiary/aromatic N) is 1. The van der Waals surface area contributed by atoms with Gasteiger partial charge in [0.05, 0.1) is 0 Å². The predicted molar refractivity (Wildman–Crippen MR) is 54.1 cm³/mol. The van der Waals surface area contributed by atoms with Gasteiger partial charge < -0.3 is 11.1 Å². The van der Waals surface area contributed by atoms with Gasteiger partial charge >= 0.3 is 0 Å². The van der Waals surface area contributed by atoms with E-state index in [1.165, 1.54) is 0 Å². The lowest BCUT2D eigenvalue weighted by atomic mass is 10.1. The average Bonchev–Trinajstić information content (AvgIpc) is 2.10. The second-order valence-electron chi connectivity index (χ2n) is 2.50. The lowest BCUT2D eigenvalue weighted by Crippen LogP contribution is -1.99. The molecule has 0 radical (unpaired) electrons. The Morgan fingerprint density at radius 1 is 1.54 bits per heavy atom. The molecule has 0 aliphatic rings. The standard InChI is InChI=1S/C9H11N3O/c1-11-5-7-4-8(10)2-3-9(7)12-6-13/h2-6H,10H2,1H3,(H,12,13)/b11-5-. The first kappa shape index (κ1) is 9.25. The van der Waals surface area contributed by atoms with E-state index in [4.69, 9.17) is 5.73 Å². The van der Waals surface area contributed by atoms with Crippen LogP contribution in [0, 0.1) is 0 Å². The molecular formula is C9H11N3O. The van der Waals surface area contributed by atoms with Gasteiger partial charge in [-0.25, -0.2) is 0 Å². The van der Waals surface area contributed by atoms with Gasteiger partial charge in [0.1, 0.15) is 0 Å². The van der Waals surface area contributed by atoms with Gasteiger partial charge in [-0.3, -0.25) is 9.79 Å². The lowest BCUT2D eigenvalue weighted by Gasteiger charge is -2.04. The van der Waals surface area contributed by atoms with E-state index in [0.717, 1.165) is 5.56 Å². The minimum absolute atomic E-state index is 0.624. The van der Waals surface area contributed by atoms with E-state index in [-0.39, 0.29) is 0 Å². The first-order valence-electron chi connectivity index (χ1n) is 3.80. The molecule has 1 aromatic rings. The van der Waals surface area contributed by atoms with Gasteiger partial charge in [0.15, 0.2) is 0 Å². The van der Waals surface area contributed by atoms with E-state index < -0.39 is 0 Å². The highest BCUT2D eigenvalue weighted by Crippen LogP contribution is 2.16. The Hall–Kier alpha value is -1.84. The van der Waals surface area contributed by atoms with Crippen LogP contribution in [-0.2, 0) is 4.79 Å². The number of hydrogen-bond donors (Lipinski definition) is 2. The van der Waals surface area contributed by atoms with Crippen molar-refractivity contribution in [1.29, 1.82) is 0 Å². The molecule has 0 aliphatic heterocycles. The molecule has 4 heteroatoms. The molecule has 13 heavy (non-hydrogen) atoms. The molecule has 0 aliphatic carbocycles. The zero-order chi connectivity index (χ0) is 9.68. The summed E-state index contributed by atoms with van der Waals surface area (Å²) in [7, 11) is 1.66. The van der Waals surface area contributed by atoms with Crippen LogP contribution >= 0.6 is 0 Å². The van der Waals surface area contributed by atoms with Crippen molar-refractivity contribution in [3.63, 3.8) is 0 Å². The molecule has 3 N–H and O–H groups in total. The Labute approximate surface area is 76.5 Å². The number of nitrogens with two attached hydrogens (primary N) is 1. The van der Waals surface area contributed by atoms with Crippen LogP contribution in [0.5, 0.6) is 0 Å². The number of nitrogen functional groups attached to an aromatic ring is 1. The smallest absolute Gasteiger partial charge is 0.211 e. The predicted octanol–water partition coefficient (Wildman–Crippen LogP) is 0.886. The molecule has 0 unspecified atom stereocenters. The summed E-state index contributed by atoms with van der Waals surface area (Å²) in [6.07, 6.45) is 2.26. The number of aliphatic imine (C=N–C) groups is 1. The molecule has 1 aromatic carbocycles.